The van der Waals surface area contributed by atoms with Crippen molar-refractivity contribution in [3.8, 4) is 5.19 Å². The molecule has 2 heterocycles. The van der Waals surface area contributed by atoms with Crippen LogP contribution in [0.4, 0.5) is 0 Å². The number of rotatable bonds is 7. The van der Waals surface area contributed by atoms with Gasteiger partial charge in [-0.1, -0.05) is 11.3 Å². The number of nitrogens with one attached hydrogen (secondary N) is 1. The van der Waals surface area contributed by atoms with Gasteiger partial charge in [0.15, 0.2) is 0 Å². The minimum absolute atomic E-state index is 0.323. The first-order chi connectivity index (χ1) is 8.78. The average molecular weight is 267 g/mol. The highest BCUT2D eigenvalue weighted by atomic mass is 32.1. The molecule has 18 heavy (non-hydrogen) atoms. The maximum atomic E-state index is 5.28. The number of hydrogen-bond acceptors (Lipinski definition) is 6. The summed E-state index contributed by atoms with van der Waals surface area (Å²) in [6.45, 7) is 6.21. The van der Waals surface area contributed by atoms with E-state index in [0.717, 1.165) is 11.6 Å². The molecule has 0 aliphatic carbocycles. The molecular formula is C11H17N5OS. The van der Waals surface area contributed by atoms with Crippen LogP contribution in [0.3, 0.4) is 0 Å². The standard InChI is InChI=1S/C11H17N5OS/c1-3-17-11-15-14-10(18-11)7-12-9(2)8-16-6-4-5-13-16/h4-6,9,12H,3,7-8H2,1-2H3. The SMILES string of the molecule is CCOc1nnc(CNC(C)Cn2cccn2)s1. The molecule has 0 bridgehead atoms. The lowest BCUT2D eigenvalue weighted by Gasteiger charge is -2.12. The van der Waals surface area contributed by atoms with Crippen LogP contribution in [0.15, 0.2) is 18.5 Å². The third-order valence-electron chi connectivity index (χ3n) is 2.34. The van der Waals surface area contributed by atoms with Crippen LogP contribution >= 0.6 is 11.3 Å². The summed E-state index contributed by atoms with van der Waals surface area (Å²) < 4.78 is 7.19. The van der Waals surface area contributed by atoms with Gasteiger partial charge < -0.3 is 10.1 Å². The van der Waals surface area contributed by atoms with Crippen LogP contribution in [0.25, 0.3) is 0 Å². The second kappa shape index (κ2) is 6.46. The fourth-order valence-electron chi connectivity index (χ4n) is 1.51. The molecule has 0 spiro atoms. The number of nitrogens with zero attached hydrogens (tertiary/aromatic N) is 4. The minimum Gasteiger partial charge on any atom is -0.469 e. The van der Waals surface area contributed by atoms with Gasteiger partial charge in [0, 0.05) is 18.4 Å². The molecular weight excluding hydrogens is 250 g/mol. The van der Waals surface area contributed by atoms with Gasteiger partial charge in [-0.15, -0.1) is 10.2 Å². The average Bonchev–Trinajstić information content (AvgIpc) is 2.99. The molecule has 0 amide bonds. The Bertz CT molecular complexity index is 456. The van der Waals surface area contributed by atoms with Crippen molar-refractivity contribution < 1.29 is 4.74 Å². The third-order valence-corrected chi connectivity index (χ3v) is 3.17. The van der Waals surface area contributed by atoms with E-state index in [-0.39, 0.29) is 0 Å². The second-order valence-corrected chi connectivity index (χ2v) is 4.93. The molecule has 2 aromatic heterocycles. The largest absolute Gasteiger partial charge is 0.469 e. The molecule has 0 aliphatic heterocycles. The van der Waals surface area contributed by atoms with E-state index < -0.39 is 0 Å². The molecule has 0 aliphatic rings. The van der Waals surface area contributed by atoms with Gasteiger partial charge in [0.2, 0.25) is 0 Å². The molecule has 0 aromatic carbocycles. The highest BCUT2D eigenvalue weighted by molar-refractivity contribution is 7.13. The smallest absolute Gasteiger partial charge is 0.294 e. The van der Waals surface area contributed by atoms with Crippen LogP contribution < -0.4 is 10.1 Å². The van der Waals surface area contributed by atoms with Crippen molar-refractivity contribution >= 4 is 11.3 Å². The Hall–Kier alpha value is -1.47. The molecule has 0 saturated heterocycles. The fraction of sp³-hybridized carbons (Fsp3) is 0.545. The summed E-state index contributed by atoms with van der Waals surface area (Å²) in [5.41, 5.74) is 0. The van der Waals surface area contributed by atoms with E-state index in [4.69, 9.17) is 4.74 Å². The lowest BCUT2D eigenvalue weighted by molar-refractivity contribution is 0.335. The van der Waals surface area contributed by atoms with E-state index in [1.54, 1.807) is 6.20 Å². The zero-order valence-electron chi connectivity index (χ0n) is 10.5. The topological polar surface area (TPSA) is 64.9 Å². The lowest BCUT2D eigenvalue weighted by Crippen LogP contribution is -2.30. The van der Waals surface area contributed by atoms with Gasteiger partial charge in [-0.3, -0.25) is 4.68 Å². The first-order valence-corrected chi connectivity index (χ1v) is 6.75. The molecule has 0 saturated carbocycles. The molecule has 2 aromatic rings. The summed E-state index contributed by atoms with van der Waals surface area (Å²) in [4.78, 5) is 0. The van der Waals surface area contributed by atoms with Gasteiger partial charge in [-0.25, -0.2) is 0 Å². The van der Waals surface area contributed by atoms with E-state index in [1.165, 1.54) is 11.3 Å². The van der Waals surface area contributed by atoms with Crippen LogP contribution in [-0.4, -0.2) is 32.6 Å². The number of ether oxygens (including phenoxy) is 1. The van der Waals surface area contributed by atoms with E-state index in [2.05, 4.69) is 27.5 Å². The zero-order valence-corrected chi connectivity index (χ0v) is 11.4. The van der Waals surface area contributed by atoms with Crippen LogP contribution in [0.2, 0.25) is 0 Å². The quantitative estimate of drug-likeness (QED) is 0.819. The third kappa shape index (κ3) is 3.78. The highest BCUT2D eigenvalue weighted by Crippen LogP contribution is 2.17. The predicted octanol–water partition coefficient (Wildman–Crippen LogP) is 1.31. The highest BCUT2D eigenvalue weighted by Gasteiger charge is 2.07. The number of hydrogen-bond donors (Lipinski definition) is 1. The molecule has 7 heteroatoms. The van der Waals surface area contributed by atoms with E-state index in [0.29, 0.717) is 24.4 Å². The maximum Gasteiger partial charge on any atom is 0.294 e. The number of aromatic nitrogens is 4. The maximum absolute atomic E-state index is 5.28. The second-order valence-electron chi connectivity index (χ2n) is 3.90. The van der Waals surface area contributed by atoms with Gasteiger partial charge in [0.1, 0.15) is 5.01 Å². The fourth-order valence-corrected chi connectivity index (χ4v) is 2.20. The minimum atomic E-state index is 0.323. The molecule has 98 valence electrons. The van der Waals surface area contributed by atoms with Crippen LogP contribution in [-0.2, 0) is 13.1 Å². The van der Waals surface area contributed by atoms with Crippen LogP contribution in [0.5, 0.6) is 5.19 Å². The summed E-state index contributed by atoms with van der Waals surface area (Å²) in [6.07, 6.45) is 3.74. The van der Waals surface area contributed by atoms with Gasteiger partial charge in [0.05, 0.1) is 19.7 Å². The normalized spacial score (nSPS) is 12.6. The summed E-state index contributed by atoms with van der Waals surface area (Å²) in [5.74, 6) is 0. The first-order valence-electron chi connectivity index (χ1n) is 5.94. The van der Waals surface area contributed by atoms with Crippen molar-refractivity contribution in [2.24, 2.45) is 0 Å². The molecule has 1 N–H and O–H groups in total. The predicted molar refractivity (Wildman–Crippen MR) is 69.6 cm³/mol. The first kappa shape index (κ1) is 13.0. The van der Waals surface area contributed by atoms with Crippen molar-refractivity contribution in [1.29, 1.82) is 0 Å². The van der Waals surface area contributed by atoms with E-state index >= 15 is 0 Å². The molecule has 1 atom stereocenters. The van der Waals surface area contributed by atoms with Gasteiger partial charge in [-0.05, 0) is 19.9 Å². The van der Waals surface area contributed by atoms with Crippen molar-refractivity contribution in [1.82, 2.24) is 25.3 Å². The Labute approximate surface area is 110 Å². The Morgan fingerprint density at radius 2 is 2.39 bits per heavy atom. The Balaban J connectivity index is 1.76. The van der Waals surface area contributed by atoms with Crippen molar-refractivity contribution in [3.63, 3.8) is 0 Å². The van der Waals surface area contributed by atoms with Crippen molar-refractivity contribution in [2.75, 3.05) is 6.61 Å². The van der Waals surface area contributed by atoms with Gasteiger partial charge in [-0.2, -0.15) is 5.10 Å². The van der Waals surface area contributed by atoms with Gasteiger partial charge in [0.25, 0.3) is 5.19 Å². The molecule has 0 fully saturated rings. The molecule has 1 unspecified atom stereocenters. The summed E-state index contributed by atoms with van der Waals surface area (Å²) in [7, 11) is 0. The summed E-state index contributed by atoms with van der Waals surface area (Å²) in [5, 5.41) is 17.1. The van der Waals surface area contributed by atoms with E-state index in [1.807, 2.05) is 23.9 Å². The lowest BCUT2D eigenvalue weighted by atomic mass is 10.3. The Morgan fingerprint density at radius 3 is 3.11 bits per heavy atom. The molecule has 0 radical (unpaired) electrons. The summed E-state index contributed by atoms with van der Waals surface area (Å²) >= 11 is 1.48. The summed E-state index contributed by atoms with van der Waals surface area (Å²) in [6, 6.07) is 2.25. The van der Waals surface area contributed by atoms with Crippen molar-refractivity contribution in [3.05, 3.63) is 23.5 Å². The monoisotopic (exact) mass is 267 g/mol. The van der Waals surface area contributed by atoms with Gasteiger partial charge >= 0.3 is 0 Å². The Morgan fingerprint density at radius 1 is 1.50 bits per heavy atom. The molecule has 6 nitrogen and oxygen atoms in total. The zero-order chi connectivity index (χ0) is 12.8. The van der Waals surface area contributed by atoms with Crippen molar-refractivity contribution in [2.45, 2.75) is 33.0 Å². The van der Waals surface area contributed by atoms with E-state index in [9.17, 15) is 0 Å². The van der Waals surface area contributed by atoms with Crippen LogP contribution in [0.1, 0.15) is 18.9 Å². The Kier molecular flexibility index (Phi) is 4.66. The molecule has 2 rings (SSSR count). The van der Waals surface area contributed by atoms with Crippen LogP contribution in [0, 0.1) is 0 Å².